The minimum Gasteiger partial charge on any atom is -0.439 e. The summed E-state index contributed by atoms with van der Waals surface area (Å²) >= 11 is 0. The number of nitrogens with zero attached hydrogens (tertiary/aromatic N) is 3. The van der Waals surface area contributed by atoms with Crippen LogP contribution < -0.4 is 4.57 Å². The van der Waals surface area contributed by atoms with Crippen molar-refractivity contribution in [2.24, 2.45) is 7.05 Å². The van der Waals surface area contributed by atoms with E-state index in [1.54, 1.807) is 0 Å². The van der Waals surface area contributed by atoms with Gasteiger partial charge in [-0.2, -0.15) is 4.57 Å². The predicted molar refractivity (Wildman–Crippen MR) is 121 cm³/mol. The standard InChI is InChI=1S/C26H26N3O/c1-17-15-16-19-23(30-25(27-19)26(2,3)4)22(17)24-28(5)20-13-9-10-14-21(20)29(24)18-11-7-6-8-12-18/h6-16H,1-5H3/q+1. The van der Waals surface area contributed by atoms with Crippen molar-refractivity contribution in [2.45, 2.75) is 33.1 Å². The Bertz CT molecular complexity index is 1390. The Morgan fingerprint density at radius 3 is 2.33 bits per heavy atom. The fraction of sp³-hybridized carbons (Fsp3) is 0.231. The highest BCUT2D eigenvalue weighted by atomic mass is 16.3. The second-order valence-electron chi connectivity index (χ2n) is 8.92. The molecule has 0 amide bonds. The minimum atomic E-state index is -0.154. The molecule has 0 aliphatic carbocycles. The molecule has 3 aromatic carbocycles. The van der Waals surface area contributed by atoms with Gasteiger partial charge in [0.1, 0.15) is 16.8 Å². The number of hydrogen-bond donors (Lipinski definition) is 0. The molecular formula is C26H26N3O+. The van der Waals surface area contributed by atoms with Gasteiger partial charge in [0.15, 0.2) is 16.6 Å². The summed E-state index contributed by atoms with van der Waals surface area (Å²) < 4.78 is 11.0. The number of aryl methyl sites for hydroxylation is 2. The summed E-state index contributed by atoms with van der Waals surface area (Å²) in [7, 11) is 2.12. The zero-order chi connectivity index (χ0) is 21.0. The van der Waals surface area contributed by atoms with Gasteiger partial charge in [0.2, 0.25) is 5.89 Å². The van der Waals surface area contributed by atoms with Crippen molar-refractivity contribution in [3.05, 3.63) is 78.2 Å². The van der Waals surface area contributed by atoms with Gasteiger partial charge in [-0.05, 0) is 42.8 Å². The van der Waals surface area contributed by atoms with E-state index in [-0.39, 0.29) is 5.41 Å². The third-order valence-corrected chi connectivity index (χ3v) is 5.66. The fourth-order valence-electron chi connectivity index (χ4n) is 4.12. The molecule has 5 aromatic rings. The molecule has 0 saturated carbocycles. The fourth-order valence-corrected chi connectivity index (χ4v) is 4.12. The molecule has 2 aromatic heterocycles. The van der Waals surface area contributed by atoms with Crippen LogP contribution >= 0.6 is 0 Å². The first-order chi connectivity index (χ1) is 14.4. The van der Waals surface area contributed by atoms with Gasteiger partial charge in [-0.25, -0.2) is 9.55 Å². The number of oxazole rings is 1. The van der Waals surface area contributed by atoms with Gasteiger partial charge in [-0.3, -0.25) is 0 Å². The second-order valence-corrected chi connectivity index (χ2v) is 8.92. The van der Waals surface area contributed by atoms with Gasteiger partial charge >= 0.3 is 0 Å². The molecule has 4 heteroatoms. The molecule has 2 heterocycles. The van der Waals surface area contributed by atoms with E-state index in [9.17, 15) is 0 Å². The lowest BCUT2D eigenvalue weighted by atomic mass is 9.97. The van der Waals surface area contributed by atoms with Gasteiger partial charge in [0.05, 0.1) is 7.05 Å². The summed E-state index contributed by atoms with van der Waals surface area (Å²) in [6.45, 7) is 8.53. The highest BCUT2D eigenvalue weighted by Gasteiger charge is 2.31. The number of rotatable bonds is 2. The normalized spacial score (nSPS) is 12.2. The first kappa shape index (κ1) is 18.6. The van der Waals surface area contributed by atoms with E-state index in [1.165, 1.54) is 5.52 Å². The topological polar surface area (TPSA) is 34.8 Å². The first-order valence-electron chi connectivity index (χ1n) is 10.3. The molecule has 0 aliphatic rings. The molecule has 0 spiro atoms. The lowest BCUT2D eigenvalue weighted by molar-refractivity contribution is -0.633. The van der Waals surface area contributed by atoms with E-state index in [0.717, 1.165) is 45.1 Å². The summed E-state index contributed by atoms with van der Waals surface area (Å²) in [5, 5.41) is 0. The number of benzene rings is 3. The number of hydrogen-bond acceptors (Lipinski definition) is 2. The van der Waals surface area contributed by atoms with Gasteiger partial charge in [0.25, 0.3) is 5.82 Å². The summed E-state index contributed by atoms with van der Waals surface area (Å²) in [4.78, 5) is 4.81. The molecule has 5 rings (SSSR count). The van der Waals surface area contributed by atoms with Gasteiger partial charge < -0.3 is 4.42 Å². The van der Waals surface area contributed by atoms with Gasteiger partial charge in [0, 0.05) is 5.41 Å². The molecule has 0 atom stereocenters. The van der Waals surface area contributed by atoms with Crippen LogP contribution in [0, 0.1) is 6.92 Å². The van der Waals surface area contributed by atoms with Crippen molar-refractivity contribution < 1.29 is 8.98 Å². The maximum Gasteiger partial charge on any atom is 0.299 e. The lowest BCUT2D eigenvalue weighted by Gasteiger charge is -2.12. The summed E-state index contributed by atoms with van der Waals surface area (Å²) in [5.74, 6) is 1.84. The van der Waals surface area contributed by atoms with Crippen LogP contribution in [0.25, 0.3) is 39.2 Å². The molecular weight excluding hydrogens is 370 g/mol. The minimum absolute atomic E-state index is 0.154. The third-order valence-electron chi connectivity index (χ3n) is 5.66. The van der Waals surface area contributed by atoms with Crippen LogP contribution in [-0.2, 0) is 12.5 Å². The van der Waals surface area contributed by atoms with E-state index < -0.39 is 0 Å². The Kier molecular flexibility index (Phi) is 4.07. The molecule has 0 fully saturated rings. The number of fused-ring (bicyclic) bond motifs is 2. The lowest BCUT2D eigenvalue weighted by Crippen LogP contribution is -2.30. The molecule has 0 radical (unpaired) electrons. The van der Waals surface area contributed by atoms with E-state index in [4.69, 9.17) is 9.40 Å². The summed E-state index contributed by atoms with van der Waals surface area (Å²) in [5.41, 5.74) is 7.28. The Morgan fingerprint density at radius 2 is 1.60 bits per heavy atom. The maximum atomic E-state index is 6.40. The van der Waals surface area contributed by atoms with Gasteiger partial charge in [-0.1, -0.05) is 57.2 Å². The zero-order valence-electron chi connectivity index (χ0n) is 18.1. The Labute approximate surface area is 176 Å². The molecule has 0 aliphatic heterocycles. The van der Waals surface area contributed by atoms with E-state index >= 15 is 0 Å². The van der Waals surface area contributed by atoms with E-state index in [0.29, 0.717) is 0 Å². The van der Waals surface area contributed by atoms with Crippen LogP contribution in [0.3, 0.4) is 0 Å². The Balaban J connectivity index is 1.93. The predicted octanol–water partition coefficient (Wildman–Crippen LogP) is 5.87. The molecule has 4 nitrogen and oxygen atoms in total. The average molecular weight is 397 g/mol. The van der Waals surface area contributed by atoms with Crippen LogP contribution in [0.2, 0.25) is 0 Å². The molecule has 0 saturated heterocycles. The van der Waals surface area contributed by atoms with Crippen molar-refractivity contribution in [2.75, 3.05) is 0 Å². The van der Waals surface area contributed by atoms with E-state index in [2.05, 4.69) is 105 Å². The molecule has 30 heavy (non-hydrogen) atoms. The van der Waals surface area contributed by atoms with E-state index in [1.807, 2.05) is 6.07 Å². The third kappa shape index (κ3) is 2.75. The molecule has 0 unspecified atom stereocenters. The van der Waals surface area contributed by atoms with Crippen LogP contribution in [0.4, 0.5) is 0 Å². The van der Waals surface area contributed by atoms with Crippen molar-refractivity contribution in [1.82, 2.24) is 9.55 Å². The average Bonchev–Trinajstić information content (AvgIpc) is 3.29. The highest BCUT2D eigenvalue weighted by Crippen LogP contribution is 2.36. The monoisotopic (exact) mass is 396 g/mol. The van der Waals surface area contributed by atoms with Crippen LogP contribution in [0.1, 0.15) is 32.2 Å². The number of imidazole rings is 1. The second kappa shape index (κ2) is 6.56. The smallest absolute Gasteiger partial charge is 0.299 e. The summed E-state index contributed by atoms with van der Waals surface area (Å²) in [6, 6.07) is 23.2. The Hall–Kier alpha value is -3.40. The van der Waals surface area contributed by atoms with Crippen LogP contribution in [-0.4, -0.2) is 9.55 Å². The van der Waals surface area contributed by atoms with Crippen LogP contribution in [0.5, 0.6) is 0 Å². The molecule has 0 N–H and O–H groups in total. The Morgan fingerprint density at radius 1 is 0.900 bits per heavy atom. The number of para-hydroxylation sites is 3. The summed E-state index contributed by atoms with van der Waals surface area (Å²) in [6.07, 6.45) is 0. The van der Waals surface area contributed by atoms with Crippen molar-refractivity contribution in [3.63, 3.8) is 0 Å². The molecule has 150 valence electrons. The van der Waals surface area contributed by atoms with Crippen molar-refractivity contribution in [1.29, 1.82) is 0 Å². The zero-order valence-corrected chi connectivity index (χ0v) is 18.1. The first-order valence-corrected chi connectivity index (χ1v) is 10.3. The van der Waals surface area contributed by atoms with Crippen molar-refractivity contribution in [3.8, 4) is 17.1 Å². The number of aromatic nitrogens is 3. The highest BCUT2D eigenvalue weighted by molar-refractivity contribution is 5.92. The quantitative estimate of drug-likeness (QED) is 0.350. The van der Waals surface area contributed by atoms with Gasteiger partial charge in [-0.15, -0.1) is 0 Å². The SMILES string of the molecule is Cc1ccc2nc(C(C)(C)C)oc2c1-c1n(-c2ccccc2)c2ccccc2[n+]1C. The van der Waals surface area contributed by atoms with Crippen LogP contribution in [0.15, 0.2) is 71.1 Å². The maximum absolute atomic E-state index is 6.40. The van der Waals surface area contributed by atoms with Crippen molar-refractivity contribution >= 4 is 22.1 Å². The molecule has 0 bridgehead atoms. The largest absolute Gasteiger partial charge is 0.439 e.